The summed E-state index contributed by atoms with van der Waals surface area (Å²) in [5.74, 6) is 0.896. The minimum Gasteiger partial charge on any atom is -0.490 e. The number of thiol groups is 1. The van der Waals surface area contributed by atoms with Gasteiger partial charge in [-0.15, -0.1) is 11.7 Å². The fourth-order valence-electron chi connectivity index (χ4n) is 2.23. The van der Waals surface area contributed by atoms with Crippen LogP contribution in [-0.2, 0) is 4.74 Å². The van der Waals surface area contributed by atoms with Gasteiger partial charge < -0.3 is 9.47 Å². The number of allylic oxidation sites excluding steroid dienone is 1. The van der Waals surface area contributed by atoms with Crippen LogP contribution in [0.1, 0.15) is 47.0 Å². The summed E-state index contributed by atoms with van der Waals surface area (Å²) in [5.41, 5.74) is 1.35. The van der Waals surface area contributed by atoms with Gasteiger partial charge in [0.2, 0.25) is 0 Å². The number of hydrogen-bond acceptors (Lipinski definition) is 4. The molecule has 4 heteroatoms. The van der Waals surface area contributed by atoms with Crippen molar-refractivity contribution in [1.82, 2.24) is 0 Å². The third kappa shape index (κ3) is 8.16. The molecule has 0 bridgehead atoms. The lowest BCUT2D eigenvalue weighted by atomic mass is 9.99. The highest BCUT2D eigenvalue weighted by molar-refractivity contribution is 8.68. The van der Waals surface area contributed by atoms with E-state index in [9.17, 15) is 0 Å². The molecule has 0 saturated carbocycles. The molecule has 0 spiro atoms. The molecule has 0 fully saturated rings. The van der Waals surface area contributed by atoms with Gasteiger partial charge in [-0.2, -0.15) is 0 Å². The zero-order valence-electron chi connectivity index (χ0n) is 14.1. The quantitative estimate of drug-likeness (QED) is 0.323. The van der Waals surface area contributed by atoms with Crippen molar-refractivity contribution in [2.75, 3.05) is 13.2 Å². The molecule has 1 rings (SSSR count). The molecule has 0 aromatic heterocycles. The molecule has 22 heavy (non-hydrogen) atoms. The van der Waals surface area contributed by atoms with Gasteiger partial charge in [0.05, 0.1) is 5.60 Å². The molecule has 0 aliphatic heterocycles. The van der Waals surface area contributed by atoms with E-state index in [1.54, 1.807) is 0 Å². The number of ether oxygens (including phenoxy) is 2. The summed E-state index contributed by atoms with van der Waals surface area (Å²) in [6, 6.07) is 7.98. The van der Waals surface area contributed by atoms with Crippen molar-refractivity contribution >= 4 is 22.5 Å². The van der Waals surface area contributed by atoms with E-state index in [0.717, 1.165) is 36.5 Å². The molecule has 1 aromatic carbocycles. The van der Waals surface area contributed by atoms with Crippen LogP contribution < -0.4 is 4.74 Å². The molecule has 124 valence electrons. The maximum absolute atomic E-state index is 5.73. The summed E-state index contributed by atoms with van der Waals surface area (Å²) in [4.78, 5) is 1.12. The molecule has 0 aliphatic carbocycles. The largest absolute Gasteiger partial charge is 0.490 e. The Labute approximate surface area is 144 Å². The molecule has 0 aliphatic rings. The molecule has 0 amide bonds. The molecular formula is C18H28O2S2. The first-order chi connectivity index (χ1) is 10.5. The lowest BCUT2D eigenvalue weighted by Gasteiger charge is -2.24. The van der Waals surface area contributed by atoms with E-state index < -0.39 is 0 Å². The Morgan fingerprint density at radius 1 is 1.27 bits per heavy atom. The van der Waals surface area contributed by atoms with E-state index in [1.165, 1.54) is 16.4 Å². The van der Waals surface area contributed by atoms with Crippen molar-refractivity contribution in [2.24, 2.45) is 0 Å². The molecule has 0 heterocycles. The zero-order chi connectivity index (χ0) is 16.4. The van der Waals surface area contributed by atoms with Crippen LogP contribution in [-0.4, -0.2) is 18.8 Å². The molecule has 0 radical (unpaired) electrons. The predicted octanol–water partition coefficient (Wildman–Crippen LogP) is 5.93. The first kappa shape index (κ1) is 19.5. The molecule has 0 atom stereocenters. The van der Waals surface area contributed by atoms with Crippen LogP contribution >= 0.6 is 22.5 Å². The van der Waals surface area contributed by atoms with Gasteiger partial charge in [0.25, 0.3) is 0 Å². The van der Waals surface area contributed by atoms with E-state index in [4.69, 9.17) is 9.47 Å². The number of benzene rings is 1. The molecule has 0 saturated heterocycles. The number of rotatable bonds is 10. The highest BCUT2D eigenvalue weighted by Crippen LogP contribution is 2.24. The van der Waals surface area contributed by atoms with Gasteiger partial charge in [-0.3, -0.25) is 0 Å². The maximum Gasteiger partial charge on any atom is 0.119 e. The standard InChI is InChI=1S/C18H28O2S2/c1-5-20-18(3,4)13-6-7-15(2)12-14-19-16-8-10-17(22-21)11-9-16/h8-12,21H,5-7,13-14H2,1-4H3. The Morgan fingerprint density at radius 2 is 1.95 bits per heavy atom. The average Bonchev–Trinajstić information content (AvgIpc) is 2.47. The van der Waals surface area contributed by atoms with Crippen LogP contribution in [0.3, 0.4) is 0 Å². The lowest BCUT2D eigenvalue weighted by Crippen LogP contribution is -2.24. The second-order valence-corrected chi connectivity index (χ2v) is 7.17. The van der Waals surface area contributed by atoms with E-state index in [1.807, 2.05) is 31.2 Å². The third-order valence-corrected chi connectivity index (χ3v) is 4.61. The maximum atomic E-state index is 5.73. The zero-order valence-corrected chi connectivity index (χ0v) is 15.8. The minimum absolute atomic E-state index is 0.0156. The van der Waals surface area contributed by atoms with Crippen molar-refractivity contribution in [3.63, 3.8) is 0 Å². The first-order valence-electron chi connectivity index (χ1n) is 7.80. The van der Waals surface area contributed by atoms with Crippen molar-refractivity contribution in [2.45, 2.75) is 57.5 Å². The molecular weight excluding hydrogens is 312 g/mol. The van der Waals surface area contributed by atoms with Crippen molar-refractivity contribution in [3.05, 3.63) is 35.9 Å². The van der Waals surface area contributed by atoms with Gasteiger partial charge in [-0.05, 0) is 77.3 Å². The van der Waals surface area contributed by atoms with Crippen LogP contribution in [0, 0.1) is 0 Å². The Bertz CT molecular complexity index is 453. The van der Waals surface area contributed by atoms with E-state index in [-0.39, 0.29) is 5.60 Å². The SMILES string of the molecule is CCOC(C)(C)CCCC(C)=CCOc1ccc(SS)cc1. The summed E-state index contributed by atoms with van der Waals surface area (Å²) >= 11 is 4.17. The molecule has 2 nitrogen and oxygen atoms in total. The monoisotopic (exact) mass is 340 g/mol. The Morgan fingerprint density at radius 3 is 2.55 bits per heavy atom. The molecule has 0 N–H and O–H groups in total. The normalized spacial score (nSPS) is 12.5. The fourth-order valence-corrected chi connectivity index (χ4v) is 2.86. The van der Waals surface area contributed by atoms with Crippen molar-refractivity contribution in [1.29, 1.82) is 0 Å². The average molecular weight is 341 g/mol. The summed E-state index contributed by atoms with van der Waals surface area (Å²) in [6.45, 7) is 9.93. The lowest BCUT2D eigenvalue weighted by molar-refractivity contribution is -0.0173. The second kappa shape index (κ2) is 10.2. The summed E-state index contributed by atoms with van der Waals surface area (Å²) in [7, 11) is 1.44. The van der Waals surface area contributed by atoms with Gasteiger partial charge in [0, 0.05) is 11.5 Å². The van der Waals surface area contributed by atoms with Gasteiger partial charge in [0.15, 0.2) is 0 Å². The van der Waals surface area contributed by atoms with Crippen LogP contribution in [0.15, 0.2) is 40.8 Å². The predicted molar refractivity (Wildman–Crippen MR) is 100 cm³/mol. The Hall–Kier alpha value is -0.580. The van der Waals surface area contributed by atoms with Crippen LogP contribution in [0.5, 0.6) is 5.75 Å². The van der Waals surface area contributed by atoms with E-state index in [2.05, 4.69) is 38.5 Å². The van der Waals surface area contributed by atoms with Gasteiger partial charge in [0.1, 0.15) is 12.4 Å². The summed E-state index contributed by atoms with van der Waals surface area (Å²) < 4.78 is 11.4. The third-order valence-electron chi connectivity index (χ3n) is 3.50. The van der Waals surface area contributed by atoms with Gasteiger partial charge >= 0.3 is 0 Å². The van der Waals surface area contributed by atoms with E-state index in [0.29, 0.717) is 6.61 Å². The summed E-state index contributed by atoms with van der Waals surface area (Å²) in [5, 5.41) is 0. The second-order valence-electron chi connectivity index (χ2n) is 5.97. The fraction of sp³-hybridized carbons (Fsp3) is 0.556. The minimum atomic E-state index is -0.0156. The number of hydrogen-bond donors (Lipinski definition) is 1. The highest BCUT2D eigenvalue weighted by Gasteiger charge is 2.16. The molecule has 0 unspecified atom stereocenters. The van der Waals surface area contributed by atoms with Gasteiger partial charge in [-0.1, -0.05) is 16.4 Å². The van der Waals surface area contributed by atoms with E-state index >= 15 is 0 Å². The van der Waals surface area contributed by atoms with Crippen molar-refractivity contribution < 1.29 is 9.47 Å². The molecule has 1 aromatic rings. The highest BCUT2D eigenvalue weighted by atomic mass is 33.1. The van der Waals surface area contributed by atoms with Crippen LogP contribution in [0.2, 0.25) is 0 Å². The van der Waals surface area contributed by atoms with Crippen LogP contribution in [0.25, 0.3) is 0 Å². The Kier molecular flexibility index (Phi) is 9.06. The van der Waals surface area contributed by atoms with Crippen molar-refractivity contribution in [3.8, 4) is 5.75 Å². The smallest absolute Gasteiger partial charge is 0.119 e. The summed E-state index contributed by atoms with van der Waals surface area (Å²) in [6.07, 6.45) is 5.48. The topological polar surface area (TPSA) is 18.5 Å². The van der Waals surface area contributed by atoms with Gasteiger partial charge in [-0.25, -0.2) is 0 Å². The van der Waals surface area contributed by atoms with Crippen LogP contribution in [0.4, 0.5) is 0 Å². The first-order valence-corrected chi connectivity index (χ1v) is 9.67. The Balaban J connectivity index is 2.27.